The Morgan fingerprint density at radius 1 is 1.37 bits per heavy atom. The maximum atomic E-state index is 11.5. The fraction of sp³-hybridized carbons (Fsp3) is 0.700. The summed E-state index contributed by atoms with van der Waals surface area (Å²) in [4.78, 5) is 11.5. The zero-order chi connectivity index (χ0) is 15.9. The van der Waals surface area contributed by atoms with E-state index in [1.54, 1.807) is 25.3 Å². The monoisotopic (exact) mass is 286 g/mol. The van der Waals surface area contributed by atoms with Crippen LogP contribution in [0.2, 0.25) is 0 Å². The van der Waals surface area contributed by atoms with E-state index in [2.05, 4.69) is 5.87 Å². The van der Waals surface area contributed by atoms with Crippen LogP contribution >= 0.6 is 0 Å². The molecule has 0 fully saturated rings. The molecule has 0 bridgehead atoms. The van der Waals surface area contributed by atoms with Gasteiger partial charge in [0.25, 0.3) is 0 Å². The summed E-state index contributed by atoms with van der Waals surface area (Å²) in [5, 5.41) is 0. The molecule has 19 heavy (non-hydrogen) atoms. The molecule has 9 heteroatoms. The van der Waals surface area contributed by atoms with Crippen LogP contribution in [0.25, 0.3) is 0 Å². The SMILES string of the molecule is CCOC(=O)C(C)(N)C(C)=C=[N+](C)C.F[B-](F)(F)F. The molecule has 0 aromatic carbocycles. The number of carbonyl (C=O) groups is 1. The Bertz CT molecular complexity index is 364. The molecule has 0 rings (SSSR count). The summed E-state index contributed by atoms with van der Waals surface area (Å²) in [6.45, 7) is 5.47. The van der Waals surface area contributed by atoms with Gasteiger partial charge in [-0.1, -0.05) is 0 Å². The normalized spacial score (nSPS) is 13.4. The number of nitrogens with zero attached hydrogens (tertiary/aromatic N) is 1. The lowest BCUT2D eigenvalue weighted by atomic mass is 9.96. The number of halogens is 4. The van der Waals surface area contributed by atoms with Crippen molar-refractivity contribution in [3.05, 3.63) is 5.57 Å². The highest BCUT2D eigenvalue weighted by molar-refractivity contribution is 6.50. The van der Waals surface area contributed by atoms with E-state index in [0.29, 0.717) is 12.2 Å². The lowest BCUT2D eigenvalue weighted by Crippen LogP contribution is -2.47. The molecule has 0 aliphatic carbocycles. The van der Waals surface area contributed by atoms with Crippen LogP contribution < -0.4 is 5.73 Å². The Balaban J connectivity index is 0. The first-order valence-corrected chi connectivity index (χ1v) is 5.43. The second-order valence-electron chi connectivity index (χ2n) is 4.05. The summed E-state index contributed by atoms with van der Waals surface area (Å²) in [6, 6.07) is 0. The van der Waals surface area contributed by atoms with E-state index in [0.717, 1.165) is 0 Å². The summed E-state index contributed by atoms with van der Waals surface area (Å²) in [7, 11) is -2.35. The highest BCUT2D eigenvalue weighted by Gasteiger charge is 2.33. The molecule has 1 atom stereocenters. The molecule has 2 N–H and O–H groups in total. The van der Waals surface area contributed by atoms with Gasteiger partial charge in [-0.15, -0.1) is 0 Å². The smallest absolute Gasteiger partial charge is 0.464 e. The summed E-state index contributed by atoms with van der Waals surface area (Å²) in [6.07, 6.45) is 0. The Morgan fingerprint density at radius 2 is 1.74 bits per heavy atom. The molecule has 0 radical (unpaired) electrons. The molecule has 0 aromatic rings. The number of carbonyl (C=O) groups excluding carboxylic acids is 1. The molecule has 0 aliphatic heterocycles. The first kappa shape index (κ1) is 20.0. The molecule has 0 saturated heterocycles. The fourth-order valence-corrected chi connectivity index (χ4v) is 0.886. The van der Waals surface area contributed by atoms with Gasteiger partial charge in [0.15, 0.2) is 5.87 Å². The highest BCUT2D eigenvalue weighted by Crippen LogP contribution is 2.11. The summed E-state index contributed by atoms with van der Waals surface area (Å²) in [5.74, 6) is 2.52. The van der Waals surface area contributed by atoms with Gasteiger partial charge in [0.1, 0.15) is 19.6 Å². The zero-order valence-electron chi connectivity index (χ0n) is 11.6. The van der Waals surface area contributed by atoms with Crippen LogP contribution in [0, 0.1) is 0 Å². The summed E-state index contributed by atoms with van der Waals surface area (Å²) >= 11 is 0. The van der Waals surface area contributed by atoms with Gasteiger partial charge in [-0.3, -0.25) is 0 Å². The van der Waals surface area contributed by atoms with Crippen LogP contribution in [0.15, 0.2) is 5.57 Å². The molecule has 0 aliphatic rings. The first-order valence-electron chi connectivity index (χ1n) is 5.43. The number of hydrogen-bond acceptors (Lipinski definition) is 3. The predicted octanol–water partition coefficient (Wildman–Crippen LogP) is 1.45. The number of nitrogens with two attached hydrogens (primary N) is 1. The van der Waals surface area contributed by atoms with E-state index in [4.69, 9.17) is 10.5 Å². The quantitative estimate of drug-likeness (QED) is 0.281. The maximum absolute atomic E-state index is 11.5. The van der Waals surface area contributed by atoms with E-state index < -0.39 is 18.8 Å². The van der Waals surface area contributed by atoms with Crippen molar-refractivity contribution in [2.75, 3.05) is 20.7 Å². The predicted molar refractivity (Wildman–Crippen MR) is 65.7 cm³/mol. The molecule has 0 saturated carbocycles. The van der Waals surface area contributed by atoms with Crippen LogP contribution in [-0.2, 0) is 9.53 Å². The molecular weight excluding hydrogens is 267 g/mol. The van der Waals surface area contributed by atoms with Gasteiger partial charge >= 0.3 is 13.2 Å². The van der Waals surface area contributed by atoms with Crippen LogP contribution in [0.1, 0.15) is 20.8 Å². The number of rotatable bonds is 3. The molecule has 0 heterocycles. The lowest BCUT2D eigenvalue weighted by Gasteiger charge is -2.20. The maximum Gasteiger partial charge on any atom is 0.673 e. The van der Waals surface area contributed by atoms with Crippen molar-refractivity contribution in [2.24, 2.45) is 5.73 Å². The van der Waals surface area contributed by atoms with E-state index in [-0.39, 0.29) is 0 Å². The standard InChI is InChI=1S/C10H19N2O2.BF4/c1-6-14-9(13)10(3,11)8(2)7-12(4)5;2-1(3,4)5/h6,11H2,1-5H3;/q+1;-1. The van der Waals surface area contributed by atoms with Gasteiger partial charge in [0, 0.05) is 0 Å². The number of esters is 1. The third-order valence-electron chi connectivity index (χ3n) is 1.87. The second-order valence-corrected chi connectivity index (χ2v) is 4.05. The second kappa shape index (κ2) is 7.96. The molecule has 112 valence electrons. The molecular formula is C10H19BF4N2O2. The number of ether oxygens (including phenoxy) is 1. The Labute approximate surface area is 110 Å². The highest BCUT2D eigenvalue weighted by atomic mass is 19.5. The van der Waals surface area contributed by atoms with Crippen molar-refractivity contribution in [3.8, 4) is 0 Å². The largest absolute Gasteiger partial charge is 0.673 e. The van der Waals surface area contributed by atoms with Crippen LogP contribution in [-0.4, -0.2) is 49.9 Å². The Morgan fingerprint density at radius 3 is 2.00 bits per heavy atom. The van der Waals surface area contributed by atoms with Crippen LogP contribution in [0.4, 0.5) is 17.3 Å². The van der Waals surface area contributed by atoms with Gasteiger partial charge in [0.05, 0.1) is 12.2 Å². The summed E-state index contributed by atoms with van der Waals surface area (Å²) in [5.41, 5.74) is 5.39. The molecule has 0 spiro atoms. The van der Waals surface area contributed by atoms with Crippen molar-refractivity contribution in [1.29, 1.82) is 0 Å². The topological polar surface area (TPSA) is 55.3 Å². The summed E-state index contributed by atoms with van der Waals surface area (Å²) < 4.78 is 45.6. The molecule has 1 unspecified atom stereocenters. The molecule has 0 amide bonds. The third-order valence-corrected chi connectivity index (χ3v) is 1.87. The van der Waals surface area contributed by atoms with Gasteiger partial charge < -0.3 is 27.7 Å². The first-order chi connectivity index (χ1) is 8.32. The van der Waals surface area contributed by atoms with Crippen molar-refractivity contribution in [3.63, 3.8) is 0 Å². The Kier molecular flexibility index (Phi) is 8.38. The minimum Gasteiger partial charge on any atom is -0.464 e. The minimum absolute atomic E-state index is 0.334. The van der Waals surface area contributed by atoms with Crippen LogP contribution in [0.5, 0.6) is 0 Å². The third kappa shape index (κ3) is 11.5. The van der Waals surface area contributed by atoms with E-state index in [1.807, 2.05) is 14.1 Å². The van der Waals surface area contributed by atoms with E-state index >= 15 is 0 Å². The van der Waals surface area contributed by atoms with Crippen molar-refractivity contribution in [1.82, 2.24) is 0 Å². The Hall–Kier alpha value is -1.34. The minimum atomic E-state index is -6.00. The van der Waals surface area contributed by atoms with Gasteiger partial charge in [-0.05, 0) is 20.8 Å². The zero-order valence-corrected chi connectivity index (χ0v) is 11.6. The van der Waals surface area contributed by atoms with Crippen molar-refractivity contribution < 1.29 is 31.4 Å². The van der Waals surface area contributed by atoms with Gasteiger partial charge in [-0.2, -0.15) is 4.58 Å². The van der Waals surface area contributed by atoms with Gasteiger partial charge in [-0.25, -0.2) is 4.79 Å². The average molecular weight is 286 g/mol. The molecule has 4 nitrogen and oxygen atoms in total. The van der Waals surface area contributed by atoms with Crippen molar-refractivity contribution >= 4 is 19.1 Å². The van der Waals surface area contributed by atoms with Crippen molar-refractivity contribution in [2.45, 2.75) is 26.3 Å². The molecule has 0 aromatic heterocycles. The number of hydrogen-bond donors (Lipinski definition) is 1. The van der Waals surface area contributed by atoms with E-state index in [1.165, 1.54) is 0 Å². The van der Waals surface area contributed by atoms with E-state index in [9.17, 15) is 22.1 Å². The average Bonchev–Trinajstić information content (AvgIpc) is 2.14. The van der Waals surface area contributed by atoms with Crippen LogP contribution in [0.3, 0.4) is 0 Å². The van der Waals surface area contributed by atoms with Gasteiger partial charge in [0.2, 0.25) is 0 Å². The fourth-order valence-electron chi connectivity index (χ4n) is 0.886. The lowest BCUT2D eigenvalue weighted by molar-refractivity contribution is -0.457.